The van der Waals surface area contributed by atoms with Gasteiger partial charge in [-0.15, -0.1) is 0 Å². The summed E-state index contributed by atoms with van der Waals surface area (Å²) in [6, 6.07) is 12.7. The number of halogens is 3. The van der Waals surface area contributed by atoms with E-state index in [1.807, 2.05) is 0 Å². The van der Waals surface area contributed by atoms with Gasteiger partial charge >= 0.3 is 0 Å². The lowest BCUT2D eigenvalue weighted by molar-refractivity contribution is 0.556. The molecule has 0 saturated carbocycles. The number of hydrogen-bond donors (Lipinski definition) is 0. The summed E-state index contributed by atoms with van der Waals surface area (Å²) in [5, 5.41) is 4.07. The average Bonchev–Trinajstić information content (AvgIpc) is 3.16. The van der Waals surface area contributed by atoms with Crippen LogP contribution >= 0.6 is 23.2 Å². The van der Waals surface area contributed by atoms with Gasteiger partial charge in [0, 0.05) is 26.4 Å². The Morgan fingerprint density at radius 1 is 0.900 bits per heavy atom. The van der Waals surface area contributed by atoms with Crippen molar-refractivity contribution >= 4 is 57.0 Å². The van der Waals surface area contributed by atoms with Gasteiger partial charge < -0.3 is 4.42 Å². The highest BCUT2D eigenvalue weighted by molar-refractivity contribution is 7.87. The highest BCUT2D eigenvalue weighted by atomic mass is 35.5. The molecule has 1 heterocycles. The minimum atomic E-state index is -1.29. The number of hydrogen-bond acceptors (Lipinski definition) is 3. The molecule has 0 saturated heterocycles. The van der Waals surface area contributed by atoms with Gasteiger partial charge in [0.15, 0.2) is 0 Å². The maximum absolute atomic E-state index is 12.9. The summed E-state index contributed by atoms with van der Waals surface area (Å²) in [5.74, 6) is 0.703. The van der Waals surface area contributed by atoms with Crippen LogP contribution in [0, 0.1) is 5.82 Å². The van der Waals surface area contributed by atoms with E-state index in [4.69, 9.17) is 27.6 Å². The van der Waals surface area contributed by atoms with Crippen LogP contribution in [-0.4, -0.2) is 8.42 Å². The molecule has 30 heavy (non-hydrogen) atoms. The lowest BCUT2D eigenvalue weighted by Gasteiger charge is -2.02. The molecular formula is C22H17Cl2FO3S2. The normalized spacial score (nSPS) is 13.8. The van der Waals surface area contributed by atoms with Crippen LogP contribution in [0.3, 0.4) is 0 Å². The van der Waals surface area contributed by atoms with Crippen LogP contribution in [0.25, 0.3) is 12.2 Å². The van der Waals surface area contributed by atoms with Crippen LogP contribution in [-0.2, 0) is 33.1 Å². The van der Waals surface area contributed by atoms with Gasteiger partial charge in [0.25, 0.3) is 0 Å². The smallest absolute Gasteiger partial charge is 0.134 e. The Balaban J connectivity index is 1.61. The molecule has 0 aliphatic carbocycles. The lowest BCUT2D eigenvalue weighted by Crippen LogP contribution is -1.93. The van der Waals surface area contributed by atoms with E-state index in [9.17, 15) is 12.8 Å². The van der Waals surface area contributed by atoms with Crippen LogP contribution in [0.4, 0.5) is 4.39 Å². The molecule has 2 atom stereocenters. The Morgan fingerprint density at radius 2 is 1.60 bits per heavy atom. The first-order valence-corrected chi connectivity index (χ1v) is 12.3. The minimum Gasteiger partial charge on any atom is -0.464 e. The summed E-state index contributed by atoms with van der Waals surface area (Å²) < 4.78 is 42.9. The zero-order valence-corrected chi connectivity index (χ0v) is 18.7. The van der Waals surface area contributed by atoms with Gasteiger partial charge in [-0.3, -0.25) is 8.42 Å². The minimum absolute atomic E-state index is 0.261. The second-order valence-electron chi connectivity index (χ2n) is 6.26. The van der Waals surface area contributed by atoms with Gasteiger partial charge in [0.2, 0.25) is 0 Å². The van der Waals surface area contributed by atoms with E-state index < -0.39 is 21.6 Å². The van der Waals surface area contributed by atoms with Gasteiger partial charge in [-0.2, -0.15) is 0 Å². The lowest BCUT2D eigenvalue weighted by atomic mass is 10.2. The fourth-order valence-corrected chi connectivity index (χ4v) is 4.92. The molecule has 1 aromatic heterocycles. The summed E-state index contributed by atoms with van der Waals surface area (Å²) in [6.07, 6.45) is 4.80. The van der Waals surface area contributed by atoms with E-state index in [1.54, 1.807) is 54.0 Å². The van der Waals surface area contributed by atoms with Crippen LogP contribution in [0.5, 0.6) is 0 Å². The molecule has 0 aliphatic rings. The first-order chi connectivity index (χ1) is 14.4. The molecule has 0 fully saturated rings. The Labute approximate surface area is 189 Å². The van der Waals surface area contributed by atoms with Gasteiger partial charge in [0.05, 0.1) is 39.4 Å². The first-order valence-electron chi connectivity index (χ1n) is 8.77. The summed E-state index contributed by atoms with van der Waals surface area (Å²) in [4.78, 5) is 0. The molecule has 3 rings (SSSR count). The molecule has 3 nitrogen and oxygen atoms in total. The molecule has 2 unspecified atom stereocenters. The quantitative estimate of drug-likeness (QED) is 0.364. The van der Waals surface area contributed by atoms with Gasteiger partial charge in [-0.05, 0) is 53.6 Å². The maximum atomic E-state index is 12.9. The summed E-state index contributed by atoms with van der Waals surface area (Å²) in [6.45, 7) is 0. The van der Waals surface area contributed by atoms with Crippen molar-refractivity contribution in [1.29, 1.82) is 0 Å². The van der Waals surface area contributed by atoms with E-state index in [2.05, 4.69) is 0 Å². The van der Waals surface area contributed by atoms with E-state index in [0.29, 0.717) is 21.4 Å². The third kappa shape index (κ3) is 6.77. The number of furan rings is 1. The molecular weight excluding hydrogens is 466 g/mol. The molecule has 0 amide bonds. The topological polar surface area (TPSA) is 47.3 Å². The van der Waals surface area contributed by atoms with Crippen molar-refractivity contribution in [2.45, 2.75) is 11.5 Å². The zero-order chi connectivity index (χ0) is 21.5. The third-order valence-corrected chi connectivity index (χ3v) is 6.71. The predicted molar refractivity (Wildman–Crippen MR) is 123 cm³/mol. The van der Waals surface area contributed by atoms with Crippen LogP contribution in [0.15, 0.2) is 70.0 Å². The molecule has 0 spiro atoms. The fourth-order valence-electron chi connectivity index (χ4n) is 2.52. The second kappa shape index (κ2) is 10.9. The summed E-state index contributed by atoms with van der Waals surface area (Å²) in [7, 11) is -2.57. The Morgan fingerprint density at radius 3 is 2.33 bits per heavy atom. The predicted octanol–water partition coefficient (Wildman–Crippen LogP) is 6.56. The van der Waals surface area contributed by atoms with E-state index >= 15 is 0 Å². The molecule has 0 radical (unpaired) electrons. The van der Waals surface area contributed by atoms with Crippen molar-refractivity contribution in [3.63, 3.8) is 0 Å². The molecule has 2 aromatic carbocycles. The second-order valence-corrected chi connectivity index (χ2v) is 9.75. The summed E-state index contributed by atoms with van der Waals surface area (Å²) in [5.41, 5.74) is 2.23. The Kier molecular flexibility index (Phi) is 8.22. The van der Waals surface area contributed by atoms with Crippen molar-refractivity contribution in [3.8, 4) is 0 Å². The van der Waals surface area contributed by atoms with E-state index in [1.165, 1.54) is 23.8 Å². The largest absolute Gasteiger partial charge is 0.464 e. The average molecular weight is 483 g/mol. The van der Waals surface area contributed by atoms with Crippen LogP contribution in [0.1, 0.15) is 22.5 Å². The molecule has 156 valence electrons. The Hall–Kier alpha value is -1.99. The highest BCUT2D eigenvalue weighted by Crippen LogP contribution is 2.23. The molecule has 0 aliphatic heterocycles. The summed E-state index contributed by atoms with van der Waals surface area (Å²) >= 11 is 12.0. The van der Waals surface area contributed by atoms with Crippen molar-refractivity contribution < 1.29 is 17.2 Å². The van der Waals surface area contributed by atoms with Gasteiger partial charge in [-0.1, -0.05) is 41.4 Å². The molecule has 3 aromatic rings. The fraction of sp³-hybridized carbons (Fsp3) is 0.0909. The van der Waals surface area contributed by atoms with Crippen LogP contribution < -0.4 is 0 Å². The van der Waals surface area contributed by atoms with E-state index in [-0.39, 0.29) is 17.3 Å². The Bertz CT molecular complexity index is 1120. The van der Waals surface area contributed by atoms with Gasteiger partial charge in [0.1, 0.15) is 11.6 Å². The first kappa shape index (κ1) is 22.7. The van der Waals surface area contributed by atoms with Crippen molar-refractivity contribution in [2.75, 3.05) is 0 Å². The molecule has 0 N–H and O–H groups in total. The standard InChI is InChI=1S/C22H17Cl2FO3S2/c23-19-4-3-18(21(24)13-19)15-30(27)11-8-17-7-10-28-22(17)9-12-29(26)14-16-1-5-20(25)6-2-16/h1-13H,14-15H2/b11-8+,12-9+. The van der Waals surface area contributed by atoms with Gasteiger partial charge in [-0.25, -0.2) is 4.39 Å². The zero-order valence-electron chi connectivity index (χ0n) is 15.6. The number of rotatable bonds is 8. The SMILES string of the molecule is O=S(/C=C/c1occc1/C=C/S(=O)Cc1ccc(Cl)cc1Cl)Cc1ccc(F)cc1. The number of benzene rings is 2. The maximum Gasteiger partial charge on any atom is 0.134 e. The molecule has 8 heteroatoms. The highest BCUT2D eigenvalue weighted by Gasteiger charge is 2.06. The molecule has 0 bridgehead atoms. The van der Waals surface area contributed by atoms with Crippen molar-refractivity contribution in [1.82, 2.24) is 0 Å². The van der Waals surface area contributed by atoms with E-state index in [0.717, 1.165) is 11.1 Å². The monoisotopic (exact) mass is 482 g/mol. The third-order valence-electron chi connectivity index (χ3n) is 4.03. The van der Waals surface area contributed by atoms with Crippen LogP contribution in [0.2, 0.25) is 10.0 Å². The van der Waals surface area contributed by atoms with Crippen molar-refractivity contribution in [3.05, 3.63) is 104 Å². The van der Waals surface area contributed by atoms with Crippen molar-refractivity contribution in [2.24, 2.45) is 0 Å².